The standard InChI is InChI=1S/C11H22N2O4/c1-3-11(4-2,7-14)13-10(17)8(12)5-6-9(15)16/h8,14H,3-7,12H2,1-2H3,(H,13,17)(H,15,16). The molecule has 0 saturated carbocycles. The Morgan fingerprint density at radius 3 is 2.24 bits per heavy atom. The Bertz CT molecular complexity index is 256. The van der Waals surface area contributed by atoms with Gasteiger partial charge in [0.05, 0.1) is 18.2 Å². The second-order valence-corrected chi connectivity index (χ2v) is 4.17. The molecule has 0 aromatic rings. The number of carbonyl (C=O) groups excluding carboxylic acids is 1. The average Bonchev–Trinajstić information content (AvgIpc) is 2.32. The van der Waals surface area contributed by atoms with Gasteiger partial charge in [-0.05, 0) is 19.3 Å². The van der Waals surface area contributed by atoms with Gasteiger partial charge in [0, 0.05) is 6.42 Å². The number of carboxylic acid groups (broad SMARTS) is 1. The highest BCUT2D eigenvalue weighted by Crippen LogP contribution is 2.14. The van der Waals surface area contributed by atoms with Crippen LogP contribution in [0, 0.1) is 0 Å². The van der Waals surface area contributed by atoms with Crippen LogP contribution in [0.1, 0.15) is 39.5 Å². The number of carboxylic acids is 1. The van der Waals surface area contributed by atoms with Gasteiger partial charge in [-0.3, -0.25) is 9.59 Å². The number of hydrogen-bond acceptors (Lipinski definition) is 4. The molecule has 0 fully saturated rings. The molecule has 0 spiro atoms. The minimum Gasteiger partial charge on any atom is -0.481 e. The fraction of sp³-hybridized carbons (Fsp3) is 0.818. The fourth-order valence-electron chi connectivity index (χ4n) is 1.45. The molecule has 0 aromatic heterocycles. The molecule has 0 bridgehead atoms. The lowest BCUT2D eigenvalue weighted by molar-refractivity contribution is -0.137. The zero-order chi connectivity index (χ0) is 13.5. The third-order valence-corrected chi connectivity index (χ3v) is 3.05. The summed E-state index contributed by atoms with van der Waals surface area (Å²) in [6, 6.07) is -0.852. The van der Waals surface area contributed by atoms with E-state index in [1.165, 1.54) is 0 Å². The highest BCUT2D eigenvalue weighted by molar-refractivity contribution is 5.82. The first-order valence-corrected chi connectivity index (χ1v) is 5.81. The van der Waals surface area contributed by atoms with Crippen molar-refractivity contribution in [1.29, 1.82) is 0 Å². The Balaban J connectivity index is 4.35. The van der Waals surface area contributed by atoms with E-state index in [0.29, 0.717) is 12.8 Å². The highest BCUT2D eigenvalue weighted by atomic mass is 16.4. The van der Waals surface area contributed by atoms with Crippen molar-refractivity contribution >= 4 is 11.9 Å². The molecule has 0 aromatic carbocycles. The van der Waals surface area contributed by atoms with Crippen molar-refractivity contribution in [2.75, 3.05) is 6.61 Å². The number of amides is 1. The van der Waals surface area contributed by atoms with Crippen LogP contribution in [0.25, 0.3) is 0 Å². The SMILES string of the molecule is CCC(CC)(CO)NC(=O)C(N)CCC(=O)O. The summed E-state index contributed by atoms with van der Waals surface area (Å²) in [6.07, 6.45) is 1.14. The molecular formula is C11H22N2O4. The molecule has 1 unspecified atom stereocenters. The summed E-state index contributed by atoms with van der Waals surface area (Å²) in [5.74, 6) is -1.39. The summed E-state index contributed by atoms with van der Waals surface area (Å²) < 4.78 is 0. The maximum atomic E-state index is 11.7. The van der Waals surface area contributed by atoms with Crippen LogP contribution in [-0.4, -0.2) is 40.3 Å². The zero-order valence-electron chi connectivity index (χ0n) is 10.4. The molecule has 1 atom stereocenters. The van der Waals surface area contributed by atoms with E-state index in [-0.39, 0.29) is 19.4 Å². The third-order valence-electron chi connectivity index (χ3n) is 3.05. The Kier molecular flexibility index (Phi) is 6.75. The topological polar surface area (TPSA) is 113 Å². The molecule has 5 N–H and O–H groups in total. The van der Waals surface area contributed by atoms with Gasteiger partial charge in [0.15, 0.2) is 0 Å². The predicted molar refractivity (Wildman–Crippen MR) is 63.4 cm³/mol. The molecule has 6 nitrogen and oxygen atoms in total. The van der Waals surface area contributed by atoms with Crippen LogP contribution in [0.4, 0.5) is 0 Å². The zero-order valence-corrected chi connectivity index (χ0v) is 10.4. The van der Waals surface area contributed by atoms with E-state index in [2.05, 4.69) is 5.32 Å². The average molecular weight is 246 g/mol. The Morgan fingerprint density at radius 2 is 1.88 bits per heavy atom. The van der Waals surface area contributed by atoms with Crippen LogP contribution in [0.3, 0.4) is 0 Å². The fourth-order valence-corrected chi connectivity index (χ4v) is 1.45. The van der Waals surface area contributed by atoms with E-state index in [1.807, 2.05) is 13.8 Å². The van der Waals surface area contributed by atoms with Crippen molar-refractivity contribution in [3.05, 3.63) is 0 Å². The highest BCUT2D eigenvalue weighted by Gasteiger charge is 2.29. The van der Waals surface area contributed by atoms with Gasteiger partial charge in [0.1, 0.15) is 0 Å². The molecule has 1 amide bonds. The summed E-state index contributed by atoms with van der Waals surface area (Å²) in [4.78, 5) is 22.1. The molecule has 0 rings (SSSR count). The maximum absolute atomic E-state index is 11.7. The molecular weight excluding hydrogens is 224 g/mol. The molecule has 0 aliphatic rings. The van der Waals surface area contributed by atoms with Crippen LogP contribution in [0.5, 0.6) is 0 Å². The molecule has 17 heavy (non-hydrogen) atoms. The normalized spacial score (nSPS) is 13.2. The number of aliphatic carboxylic acids is 1. The van der Waals surface area contributed by atoms with E-state index in [0.717, 1.165) is 0 Å². The smallest absolute Gasteiger partial charge is 0.303 e. The second kappa shape index (κ2) is 7.24. The number of hydrogen-bond donors (Lipinski definition) is 4. The Hall–Kier alpha value is -1.14. The molecule has 0 aliphatic heterocycles. The predicted octanol–water partition coefficient (Wildman–Crippen LogP) is -0.154. The van der Waals surface area contributed by atoms with E-state index in [9.17, 15) is 14.7 Å². The van der Waals surface area contributed by atoms with Gasteiger partial charge in [0.2, 0.25) is 5.91 Å². The van der Waals surface area contributed by atoms with Crippen molar-refractivity contribution in [2.24, 2.45) is 5.73 Å². The van der Waals surface area contributed by atoms with Crippen molar-refractivity contribution < 1.29 is 19.8 Å². The van der Waals surface area contributed by atoms with Crippen molar-refractivity contribution in [1.82, 2.24) is 5.32 Å². The van der Waals surface area contributed by atoms with Gasteiger partial charge in [-0.15, -0.1) is 0 Å². The van der Waals surface area contributed by atoms with Gasteiger partial charge in [-0.1, -0.05) is 13.8 Å². The van der Waals surface area contributed by atoms with Crippen LogP contribution in [-0.2, 0) is 9.59 Å². The largest absolute Gasteiger partial charge is 0.481 e. The first-order chi connectivity index (χ1) is 7.90. The van der Waals surface area contributed by atoms with Gasteiger partial charge < -0.3 is 21.3 Å². The second-order valence-electron chi connectivity index (χ2n) is 4.17. The van der Waals surface area contributed by atoms with Crippen molar-refractivity contribution in [3.63, 3.8) is 0 Å². The summed E-state index contributed by atoms with van der Waals surface area (Å²) in [7, 11) is 0. The molecule has 100 valence electrons. The van der Waals surface area contributed by atoms with Gasteiger partial charge in [0.25, 0.3) is 0 Å². The molecule has 6 heteroatoms. The number of carbonyl (C=O) groups is 2. The molecule has 0 saturated heterocycles. The van der Waals surface area contributed by atoms with E-state index in [1.54, 1.807) is 0 Å². The maximum Gasteiger partial charge on any atom is 0.303 e. The number of rotatable bonds is 8. The summed E-state index contributed by atoms with van der Waals surface area (Å²) >= 11 is 0. The number of nitrogens with one attached hydrogen (secondary N) is 1. The van der Waals surface area contributed by atoms with E-state index < -0.39 is 23.5 Å². The lowest BCUT2D eigenvalue weighted by Gasteiger charge is -2.31. The number of aliphatic hydroxyl groups is 1. The van der Waals surface area contributed by atoms with E-state index >= 15 is 0 Å². The summed E-state index contributed by atoms with van der Waals surface area (Å²) in [5, 5.41) is 20.5. The lowest BCUT2D eigenvalue weighted by Crippen LogP contribution is -2.55. The molecule has 0 heterocycles. The third kappa shape index (κ3) is 5.14. The van der Waals surface area contributed by atoms with Crippen molar-refractivity contribution in [2.45, 2.75) is 51.1 Å². The van der Waals surface area contributed by atoms with E-state index in [4.69, 9.17) is 10.8 Å². The number of aliphatic hydroxyl groups excluding tert-OH is 1. The summed E-state index contributed by atoms with van der Waals surface area (Å²) in [6.45, 7) is 3.57. The van der Waals surface area contributed by atoms with Crippen LogP contribution in [0.15, 0.2) is 0 Å². The van der Waals surface area contributed by atoms with Crippen molar-refractivity contribution in [3.8, 4) is 0 Å². The van der Waals surface area contributed by atoms with Crippen LogP contribution >= 0.6 is 0 Å². The monoisotopic (exact) mass is 246 g/mol. The minimum atomic E-state index is -0.979. The van der Waals surface area contributed by atoms with Gasteiger partial charge in [-0.2, -0.15) is 0 Å². The minimum absolute atomic E-state index is 0.0934. The Labute approximate surface area is 101 Å². The van der Waals surface area contributed by atoms with Gasteiger partial charge >= 0.3 is 5.97 Å². The quantitative estimate of drug-likeness (QED) is 0.475. The first kappa shape index (κ1) is 15.9. The lowest BCUT2D eigenvalue weighted by atomic mass is 9.93. The number of nitrogens with two attached hydrogens (primary N) is 1. The molecule has 0 aliphatic carbocycles. The van der Waals surface area contributed by atoms with Gasteiger partial charge in [-0.25, -0.2) is 0 Å². The first-order valence-electron chi connectivity index (χ1n) is 5.81. The summed E-state index contributed by atoms with van der Waals surface area (Å²) in [5.41, 5.74) is 4.92. The van der Waals surface area contributed by atoms with Crippen LogP contribution in [0.2, 0.25) is 0 Å². The van der Waals surface area contributed by atoms with Crippen LogP contribution < -0.4 is 11.1 Å². The molecule has 0 radical (unpaired) electrons. The Morgan fingerprint density at radius 1 is 1.35 bits per heavy atom.